The zero-order valence-corrected chi connectivity index (χ0v) is 19.5. The number of benzene rings is 2. The zero-order valence-electron chi connectivity index (χ0n) is 17.9. The number of rotatable bonds is 9. The Morgan fingerprint density at radius 2 is 1.61 bits per heavy atom. The van der Waals surface area contributed by atoms with E-state index < -0.39 is 26.0 Å². The monoisotopic (exact) mass is 495 g/mol. The number of piperazine rings is 1. The fourth-order valence-electron chi connectivity index (χ4n) is 3.21. The van der Waals surface area contributed by atoms with E-state index >= 15 is 0 Å². The molecule has 1 saturated heterocycles. The Morgan fingerprint density at radius 3 is 2.15 bits per heavy atom. The summed E-state index contributed by atoms with van der Waals surface area (Å²) in [6.07, 6.45) is 2.00. The van der Waals surface area contributed by atoms with Crippen LogP contribution in [0.3, 0.4) is 0 Å². The van der Waals surface area contributed by atoms with Gasteiger partial charge in [-0.05, 0) is 29.8 Å². The normalized spacial score (nSPS) is 15.8. The Hall–Kier alpha value is -3.09. The summed E-state index contributed by atoms with van der Waals surface area (Å²) >= 11 is 0. The average molecular weight is 496 g/mol. The summed E-state index contributed by atoms with van der Waals surface area (Å²) in [7, 11) is -7.40. The first-order chi connectivity index (χ1) is 15.6. The van der Waals surface area contributed by atoms with Crippen LogP contribution >= 0.6 is 0 Å². The molecule has 0 aliphatic carbocycles. The maximum Gasteiger partial charge on any atom is 0.353 e. The molecule has 3 rings (SSSR count). The van der Waals surface area contributed by atoms with Crippen LogP contribution in [0.5, 0.6) is 5.75 Å². The van der Waals surface area contributed by atoms with Crippen LogP contribution in [-0.2, 0) is 31.4 Å². The molecule has 0 bridgehead atoms. The van der Waals surface area contributed by atoms with E-state index in [2.05, 4.69) is 4.72 Å². The van der Waals surface area contributed by atoms with Crippen molar-refractivity contribution >= 4 is 26.0 Å². The molecule has 0 atom stereocenters. The third-order valence-corrected chi connectivity index (χ3v) is 7.62. The van der Waals surface area contributed by atoms with Gasteiger partial charge in [-0.3, -0.25) is 4.72 Å². The largest absolute Gasteiger partial charge is 0.489 e. The molecule has 1 heterocycles. The molecule has 178 valence electrons. The van der Waals surface area contributed by atoms with Gasteiger partial charge in [0.15, 0.2) is 0 Å². The van der Waals surface area contributed by atoms with Crippen LogP contribution in [0.2, 0.25) is 0 Å². The first-order valence-corrected chi connectivity index (χ1v) is 13.3. The Morgan fingerprint density at radius 1 is 1.00 bits per heavy atom. The van der Waals surface area contributed by atoms with E-state index in [9.17, 15) is 26.7 Å². The highest BCUT2D eigenvalue weighted by molar-refractivity contribution is 7.89. The first-order valence-electron chi connectivity index (χ1n) is 9.99. The van der Waals surface area contributed by atoms with Gasteiger partial charge in [0.25, 0.3) is 10.0 Å². The van der Waals surface area contributed by atoms with Crippen LogP contribution in [0.15, 0.2) is 71.4 Å². The summed E-state index contributed by atoms with van der Waals surface area (Å²) < 4.78 is 57.6. The van der Waals surface area contributed by atoms with Gasteiger partial charge >= 0.3 is 5.97 Å². The number of nitrogens with one attached hydrogen (secondary N) is 1. The van der Waals surface area contributed by atoms with Gasteiger partial charge in [0, 0.05) is 32.4 Å². The number of sulfonamides is 2. The van der Waals surface area contributed by atoms with Crippen LogP contribution < -0.4 is 9.46 Å². The van der Waals surface area contributed by atoms with Gasteiger partial charge in [-0.25, -0.2) is 21.6 Å². The molecule has 0 amide bonds. The number of nitrogens with zero attached hydrogens (tertiary/aromatic N) is 2. The van der Waals surface area contributed by atoms with E-state index in [0.29, 0.717) is 12.4 Å². The summed E-state index contributed by atoms with van der Waals surface area (Å²) in [6.45, 7) is 0.810. The number of carboxylic acid groups (broad SMARTS) is 1. The highest BCUT2D eigenvalue weighted by Crippen LogP contribution is 2.18. The topological polar surface area (TPSA) is 133 Å². The molecule has 33 heavy (non-hydrogen) atoms. The molecule has 1 aliphatic heterocycles. The van der Waals surface area contributed by atoms with Gasteiger partial charge in [-0.1, -0.05) is 30.3 Å². The fourth-order valence-corrected chi connectivity index (χ4v) is 4.93. The maximum atomic E-state index is 12.6. The quantitative estimate of drug-likeness (QED) is 0.493. The lowest BCUT2D eigenvalue weighted by molar-refractivity contribution is -0.134. The van der Waals surface area contributed by atoms with E-state index in [1.165, 1.54) is 33.5 Å². The van der Waals surface area contributed by atoms with Crippen LogP contribution in [0.1, 0.15) is 5.56 Å². The van der Waals surface area contributed by atoms with Crippen molar-refractivity contribution in [2.75, 3.05) is 32.4 Å². The molecule has 2 N–H and O–H groups in total. The highest BCUT2D eigenvalue weighted by atomic mass is 32.2. The predicted molar refractivity (Wildman–Crippen MR) is 121 cm³/mol. The summed E-state index contributed by atoms with van der Waals surface area (Å²) in [5.74, 6) is -0.835. The summed E-state index contributed by atoms with van der Waals surface area (Å²) in [5.41, 5.74) is 0.703. The van der Waals surface area contributed by atoms with Crippen molar-refractivity contribution in [1.29, 1.82) is 0 Å². The van der Waals surface area contributed by atoms with Crippen LogP contribution in [0, 0.1) is 0 Å². The number of hydrogen-bond acceptors (Lipinski definition) is 7. The molecule has 1 fully saturated rings. The van der Waals surface area contributed by atoms with Gasteiger partial charge in [0.2, 0.25) is 10.0 Å². The van der Waals surface area contributed by atoms with Crippen molar-refractivity contribution < 1.29 is 31.5 Å². The number of aliphatic carboxylic acids is 1. The average Bonchev–Trinajstić information content (AvgIpc) is 2.78. The lowest BCUT2D eigenvalue weighted by Gasteiger charge is -2.34. The molecular weight excluding hydrogens is 470 g/mol. The first kappa shape index (κ1) is 24.6. The van der Waals surface area contributed by atoms with Crippen molar-refractivity contribution in [3.05, 3.63) is 72.1 Å². The van der Waals surface area contributed by atoms with Crippen molar-refractivity contribution in [2.45, 2.75) is 11.5 Å². The Labute approximate surface area is 193 Å². The van der Waals surface area contributed by atoms with Gasteiger partial charge in [-0.2, -0.15) is 4.31 Å². The molecule has 1 aliphatic rings. The number of carbonyl (C=O) groups is 1. The maximum absolute atomic E-state index is 12.6. The van der Waals surface area contributed by atoms with E-state index in [0.717, 1.165) is 18.0 Å². The molecule has 0 unspecified atom stereocenters. The van der Waals surface area contributed by atoms with Gasteiger partial charge < -0.3 is 14.7 Å². The summed E-state index contributed by atoms with van der Waals surface area (Å²) in [6, 6.07) is 15.3. The Balaban J connectivity index is 1.65. The molecule has 10 nitrogen and oxygen atoms in total. The van der Waals surface area contributed by atoms with E-state index in [-0.39, 0.29) is 36.8 Å². The molecule has 0 spiro atoms. The predicted octanol–water partition coefficient (Wildman–Crippen LogP) is 1.05. The van der Waals surface area contributed by atoms with Gasteiger partial charge in [0.05, 0.1) is 11.2 Å². The van der Waals surface area contributed by atoms with Crippen molar-refractivity contribution in [2.24, 2.45) is 0 Å². The summed E-state index contributed by atoms with van der Waals surface area (Å²) in [5, 5.41) is 9.51. The summed E-state index contributed by atoms with van der Waals surface area (Å²) in [4.78, 5) is 13.0. The standard InChI is InChI=1S/C21H25N3O7S2/c1-32(27,28)24-13-11-23(12-14-24)20(21(25)26)15-22-33(29,30)19-9-7-18(8-10-19)31-16-17-5-3-2-4-6-17/h2-10,15,22H,11-14,16H2,1H3,(H,25,26)/b20-15-. The van der Waals surface area contributed by atoms with E-state index in [1.807, 2.05) is 30.3 Å². The minimum atomic E-state index is -4.02. The van der Waals surface area contributed by atoms with Gasteiger partial charge in [-0.15, -0.1) is 0 Å². The van der Waals surface area contributed by atoms with Gasteiger partial charge in [0.1, 0.15) is 18.1 Å². The molecule has 0 radical (unpaired) electrons. The second-order valence-corrected chi connectivity index (χ2v) is 11.0. The van der Waals surface area contributed by atoms with Crippen molar-refractivity contribution in [3.63, 3.8) is 0 Å². The fraction of sp³-hybridized carbons (Fsp3) is 0.286. The Kier molecular flexibility index (Phi) is 7.61. The molecule has 2 aromatic carbocycles. The lowest BCUT2D eigenvalue weighted by Crippen LogP contribution is -2.49. The molecule has 0 aromatic heterocycles. The number of carboxylic acids is 1. The molecule has 0 saturated carbocycles. The Bertz CT molecular complexity index is 1200. The number of ether oxygens (including phenoxy) is 1. The van der Waals surface area contributed by atoms with Crippen molar-refractivity contribution in [3.8, 4) is 5.75 Å². The molecule has 2 aromatic rings. The minimum Gasteiger partial charge on any atom is -0.489 e. The van der Waals surface area contributed by atoms with E-state index in [1.54, 1.807) is 0 Å². The zero-order chi connectivity index (χ0) is 24.1. The minimum absolute atomic E-state index is 0.0579. The van der Waals surface area contributed by atoms with Crippen molar-refractivity contribution in [1.82, 2.24) is 13.9 Å². The van der Waals surface area contributed by atoms with Crippen LogP contribution in [0.25, 0.3) is 0 Å². The molecular formula is C21H25N3O7S2. The second kappa shape index (κ2) is 10.2. The SMILES string of the molecule is CS(=O)(=O)N1CCN(/C(=C\NS(=O)(=O)c2ccc(OCc3ccccc3)cc2)C(=O)O)CC1. The van der Waals surface area contributed by atoms with Crippen LogP contribution in [0.4, 0.5) is 0 Å². The smallest absolute Gasteiger partial charge is 0.353 e. The second-order valence-electron chi connectivity index (χ2n) is 7.35. The lowest BCUT2D eigenvalue weighted by atomic mass is 10.2. The third-order valence-electron chi connectivity index (χ3n) is 5.00. The van der Waals surface area contributed by atoms with Crippen LogP contribution in [-0.4, -0.2) is 69.6 Å². The third kappa shape index (κ3) is 6.70. The van der Waals surface area contributed by atoms with E-state index in [4.69, 9.17) is 4.74 Å². The highest BCUT2D eigenvalue weighted by Gasteiger charge is 2.27. The number of hydrogen-bond donors (Lipinski definition) is 2. The molecule has 12 heteroatoms.